The molecule has 0 amide bonds. The van der Waals surface area contributed by atoms with Gasteiger partial charge in [-0.1, -0.05) is 38.8 Å². The number of nitrogens with two attached hydrogens (primary N) is 1. The second-order valence-electron chi connectivity index (χ2n) is 2.74. The highest BCUT2D eigenvalue weighted by atomic mass is 79.9. The zero-order valence-corrected chi connectivity index (χ0v) is 9.34. The summed E-state index contributed by atoms with van der Waals surface area (Å²) in [5.41, 5.74) is 7.01. The molecule has 0 radical (unpaired) electrons. The Labute approximate surface area is 94.0 Å². The number of anilines is 1. The molecule has 72 valence electrons. The second kappa shape index (κ2) is 3.63. The third-order valence-corrected chi connectivity index (χ3v) is 2.63. The van der Waals surface area contributed by atoms with Gasteiger partial charge in [0.1, 0.15) is 5.69 Å². The van der Waals surface area contributed by atoms with E-state index in [0.29, 0.717) is 16.6 Å². The number of nitrogen functional groups attached to an aromatic ring is 1. The molecule has 0 bridgehead atoms. The molecule has 0 aliphatic heterocycles. The van der Waals surface area contributed by atoms with Crippen molar-refractivity contribution in [1.82, 2.24) is 5.16 Å². The van der Waals surface area contributed by atoms with E-state index in [1.165, 1.54) is 0 Å². The number of benzene rings is 1. The van der Waals surface area contributed by atoms with Crippen LogP contribution in [0.5, 0.6) is 0 Å². The summed E-state index contributed by atoms with van der Waals surface area (Å²) in [7, 11) is 0. The van der Waals surface area contributed by atoms with Gasteiger partial charge in [0.2, 0.25) is 5.88 Å². The molecule has 0 atom stereocenters. The molecule has 0 saturated heterocycles. The minimum absolute atomic E-state index is 0.293. The lowest BCUT2D eigenvalue weighted by atomic mass is 10.1. The molecule has 0 saturated carbocycles. The van der Waals surface area contributed by atoms with Gasteiger partial charge in [-0.3, -0.25) is 0 Å². The van der Waals surface area contributed by atoms with Gasteiger partial charge >= 0.3 is 0 Å². The molecule has 0 aliphatic carbocycles. The van der Waals surface area contributed by atoms with Gasteiger partial charge in [0.05, 0.1) is 0 Å². The number of nitrogens with zero attached hydrogens (tertiary/aromatic N) is 1. The maximum atomic E-state index is 5.81. The van der Waals surface area contributed by atoms with Crippen LogP contribution in [0, 0.1) is 0 Å². The molecule has 0 unspecified atom stereocenters. The SMILES string of the molecule is Nc1cc(-c2ccc(Cl)cc2Br)no1. The van der Waals surface area contributed by atoms with Crippen molar-refractivity contribution in [1.29, 1.82) is 0 Å². The molecular weight excluding hydrogens is 267 g/mol. The zero-order chi connectivity index (χ0) is 10.1. The van der Waals surface area contributed by atoms with Crippen molar-refractivity contribution in [2.75, 3.05) is 5.73 Å². The number of halogens is 2. The summed E-state index contributed by atoms with van der Waals surface area (Å²) in [6, 6.07) is 7.09. The Hall–Kier alpha value is -1.00. The highest BCUT2D eigenvalue weighted by molar-refractivity contribution is 9.10. The first-order valence-corrected chi connectivity index (χ1v) is 5.01. The molecule has 2 N–H and O–H groups in total. The van der Waals surface area contributed by atoms with E-state index in [1.807, 2.05) is 6.07 Å². The molecule has 0 aliphatic rings. The van der Waals surface area contributed by atoms with Crippen LogP contribution in [0.2, 0.25) is 5.02 Å². The number of aromatic nitrogens is 1. The second-order valence-corrected chi connectivity index (χ2v) is 4.03. The number of hydrogen-bond acceptors (Lipinski definition) is 3. The van der Waals surface area contributed by atoms with Gasteiger partial charge in [0.25, 0.3) is 0 Å². The predicted octanol–water partition coefficient (Wildman–Crippen LogP) is 3.34. The molecular formula is C9H6BrClN2O. The lowest BCUT2D eigenvalue weighted by Gasteiger charge is -1.99. The molecule has 1 aromatic heterocycles. The molecule has 1 heterocycles. The van der Waals surface area contributed by atoms with E-state index in [1.54, 1.807) is 18.2 Å². The van der Waals surface area contributed by atoms with E-state index in [0.717, 1.165) is 10.0 Å². The Morgan fingerprint density at radius 1 is 1.36 bits per heavy atom. The van der Waals surface area contributed by atoms with E-state index in [-0.39, 0.29) is 0 Å². The van der Waals surface area contributed by atoms with E-state index in [2.05, 4.69) is 21.1 Å². The highest BCUT2D eigenvalue weighted by Crippen LogP contribution is 2.30. The summed E-state index contributed by atoms with van der Waals surface area (Å²) in [5.74, 6) is 0.293. The topological polar surface area (TPSA) is 52.0 Å². The standard InChI is InChI=1S/C9H6BrClN2O/c10-7-3-5(11)1-2-6(7)8-4-9(12)14-13-8/h1-4H,12H2. The fourth-order valence-corrected chi connectivity index (χ4v) is 2.00. The fraction of sp³-hybridized carbons (Fsp3) is 0. The summed E-state index contributed by atoms with van der Waals surface area (Å²) in [6.07, 6.45) is 0. The van der Waals surface area contributed by atoms with Crippen LogP contribution in [0.25, 0.3) is 11.3 Å². The van der Waals surface area contributed by atoms with Crippen LogP contribution in [0.3, 0.4) is 0 Å². The lowest BCUT2D eigenvalue weighted by molar-refractivity contribution is 0.439. The van der Waals surface area contributed by atoms with E-state index >= 15 is 0 Å². The van der Waals surface area contributed by atoms with Crippen molar-refractivity contribution in [2.24, 2.45) is 0 Å². The average molecular weight is 274 g/mol. The quantitative estimate of drug-likeness (QED) is 0.867. The first kappa shape index (κ1) is 9.55. The maximum Gasteiger partial charge on any atom is 0.222 e. The van der Waals surface area contributed by atoms with Crippen LogP contribution in [-0.2, 0) is 0 Å². The first-order chi connectivity index (χ1) is 6.66. The fourth-order valence-electron chi connectivity index (χ4n) is 1.11. The van der Waals surface area contributed by atoms with Crippen molar-refractivity contribution in [3.05, 3.63) is 33.8 Å². The Bertz CT molecular complexity index is 470. The minimum atomic E-state index is 0.293. The number of hydrogen-bond donors (Lipinski definition) is 1. The van der Waals surface area contributed by atoms with Gasteiger partial charge in [0, 0.05) is 21.1 Å². The Balaban J connectivity index is 2.52. The summed E-state index contributed by atoms with van der Waals surface area (Å²) in [6.45, 7) is 0. The Kier molecular flexibility index (Phi) is 2.48. The molecule has 5 heteroatoms. The maximum absolute atomic E-state index is 5.81. The van der Waals surface area contributed by atoms with Gasteiger partial charge in [-0.15, -0.1) is 0 Å². The zero-order valence-electron chi connectivity index (χ0n) is 7.00. The van der Waals surface area contributed by atoms with Crippen LogP contribution in [0.15, 0.2) is 33.3 Å². The van der Waals surface area contributed by atoms with E-state index in [4.69, 9.17) is 21.9 Å². The number of rotatable bonds is 1. The monoisotopic (exact) mass is 272 g/mol. The van der Waals surface area contributed by atoms with Crippen molar-refractivity contribution in [3.8, 4) is 11.3 Å². The first-order valence-electron chi connectivity index (χ1n) is 3.84. The summed E-state index contributed by atoms with van der Waals surface area (Å²) in [5, 5.41) is 4.47. The van der Waals surface area contributed by atoms with Crippen molar-refractivity contribution >= 4 is 33.4 Å². The molecule has 0 spiro atoms. The van der Waals surface area contributed by atoms with E-state index < -0.39 is 0 Å². The van der Waals surface area contributed by atoms with Gasteiger partial charge < -0.3 is 10.3 Å². The third-order valence-electron chi connectivity index (χ3n) is 1.74. The van der Waals surface area contributed by atoms with Crippen molar-refractivity contribution in [2.45, 2.75) is 0 Å². The summed E-state index contributed by atoms with van der Waals surface area (Å²) >= 11 is 9.20. The van der Waals surface area contributed by atoms with Crippen LogP contribution in [0.4, 0.5) is 5.88 Å². The van der Waals surface area contributed by atoms with Gasteiger partial charge in [-0.25, -0.2) is 0 Å². The molecule has 2 aromatic rings. The normalized spacial score (nSPS) is 10.4. The minimum Gasteiger partial charge on any atom is -0.368 e. The van der Waals surface area contributed by atoms with Gasteiger partial charge in [0.15, 0.2) is 0 Å². The third kappa shape index (κ3) is 1.76. The van der Waals surface area contributed by atoms with Crippen molar-refractivity contribution in [3.63, 3.8) is 0 Å². The predicted molar refractivity (Wildman–Crippen MR) is 59.1 cm³/mol. The smallest absolute Gasteiger partial charge is 0.222 e. The summed E-state index contributed by atoms with van der Waals surface area (Å²) in [4.78, 5) is 0. The van der Waals surface area contributed by atoms with Gasteiger partial charge in [-0.2, -0.15) is 0 Å². The van der Waals surface area contributed by atoms with Gasteiger partial charge in [-0.05, 0) is 12.1 Å². The largest absolute Gasteiger partial charge is 0.368 e. The molecule has 0 fully saturated rings. The average Bonchev–Trinajstić information content (AvgIpc) is 2.51. The van der Waals surface area contributed by atoms with Crippen molar-refractivity contribution < 1.29 is 4.52 Å². The molecule has 3 nitrogen and oxygen atoms in total. The van der Waals surface area contributed by atoms with Crippen LogP contribution in [0.1, 0.15) is 0 Å². The molecule has 2 rings (SSSR count). The summed E-state index contributed by atoms with van der Waals surface area (Å²) < 4.78 is 5.64. The van der Waals surface area contributed by atoms with Crippen LogP contribution < -0.4 is 5.73 Å². The van der Waals surface area contributed by atoms with E-state index in [9.17, 15) is 0 Å². The molecule has 1 aromatic carbocycles. The molecule has 14 heavy (non-hydrogen) atoms. The van der Waals surface area contributed by atoms with Crippen LogP contribution >= 0.6 is 27.5 Å². The van der Waals surface area contributed by atoms with Crippen LogP contribution in [-0.4, -0.2) is 5.16 Å². The lowest BCUT2D eigenvalue weighted by Crippen LogP contribution is -1.79. The Morgan fingerprint density at radius 2 is 2.14 bits per heavy atom. The Morgan fingerprint density at radius 3 is 2.71 bits per heavy atom. The highest BCUT2D eigenvalue weighted by Gasteiger charge is 2.08.